The van der Waals surface area contributed by atoms with Crippen LogP contribution in [0.4, 0.5) is 0 Å². The smallest absolute Gasteiger partial charge is 0.147 e. The summed E-state index contributed by atoms with van der Waals surface area (Å²) in [7, 11) is -2.92. The van der Waals surface area contributed by atoms with Crippen LogP contribution < -0.4 is 5.32 Å². The van der Waals surface area contributed by atoms with Gasteiger partial charge in [0.1, 0.15) is 9.84 Å². The molecule has 0 bridgehead atoms. The van der Waals surface area contributed by atoms with Crippen LogP contribution in [0, 0.1) is 0 Å². The molecule has 0 radical (unpaired) electrons. The van der Waals surface area contributed by atoms with Crippen LogP contribution in [0.5, 0.6) is 0 Å². The minimum absolute atomic E-state index is 0.127. The van der Waals surface area contributed by atoms with Crippen molar-refractivity contribution in [2.24, 2.45) is 0 Å². The van der Waals surface area contributed by atoms with E-state index in [9.17, 15) is 8.42 Å². The Morgan fingerprint density at radius 2 is 2.05 bits per heavy atom. The fraction of sp³-hybridized carbons (Fsp3) is 0.467. The Morgan fingerprint density at radius 1 is 1.30 bits per heavy atom. The van der Waals surface area contributed by atoms with E-state index in [1.165, 1.54) is 21.2 Å². The second kappa shape index (κ2) is 6.70. The molecule has 2 rings (SSSR count). The predicted octanol–water partition coefficient (Wildman–Crippen LogP) is 3.38. The summed E-state index contributed by atoms with van der Waals surface area (Å²) in [6.45, 7) is 3.02. The molecule has 1 aromatic heterocycles. The molecule has 0 aliphatic carbocycles. The van der Waals surface area contributed by atoms with Gasteiger partial charge >= 0.3 is 0 Å². The van der Waals surface area contributed by atoms with Crippen LogP contribution in [-0.4, -0.2) is 27.0 Å². The van der Waals surface area contributed by atoms with E-state index in [4.69, 9.17) is 0 Å². The summed E-state index contributed by atoms with van der Waals surface area (Å²) in [5.74, 6) is 0.225. The number of nitrogens with one attached hydrogen (secondary N) is 1. The van der Waals surface area contributed by atoms with Crippen molar-refractivity contribution >= 4 is 31.3 Å². The second-order valence-corrected chi connectivity index (χ2v) is 8.49. The molecule has 0 saturated carbocycles. The Kier molecular flexibility index (Phi) is 5.18. The molecule has 1 heterocycles. The van der Waals surface area contributed by atoms with Gasteiger partial charge in [-0.1, -0.05) is 25.1 Å². The lowest BCUT2D eigenvalue weighted by atomic mass is 10.1. The van der Waals surface area contributed by atoms with Gasteiger partial charge in [0.25, 0.3) is 0 Å². The highest BCUT2D eigenvalue weighted by Gasteiger charge is 2.16. The highest BCUT2D eigenvalue weighted by atomic mass is 32.2. The zero-order valence-electron chi connectivity index (χ0n) is 11.9. The molecule has 1 N–H and O–H groups in total. The van der Waals surface area contributed by atoms with Gasteiger partial charge in [-0.2, -0.15) is 0 Å². The molecule has 110 valence electrons. The van der Waals surface area contributed by atoms with Gasteiger partial charge in [0.2, 0.25) is 0 Å². The molecular formula is C15H21NO2S2. The normalized spacial score (nSPS) is 13.7. The van der Waals surface area contributed by atoms with Gasteiger partial charge in [-0.15, -0.1) is 11.3 Å². The lowest BCUT2D eigenvalue weighted by Gasteiger charge is -2.16. The quantitative estimate of drug-likeness (QED) is 0.852. The number of fused-ring (bicyclic) bond motifs is 1. The topological polar surface area (TPSA) is 46.2 Å². The van der Waals surface area contributed by atoms with Gasteiger partial charge in [0.05, 0.1) is 5.75 Å². The highest BCUT2D eigenvalue weighted by Crippen LogP contribution is 2.31. The maximum atomic E-state index is 11.4. The first kappa shape index (κ1) is 15.5. The van der Waals surface area contributed by atoms with E-state index < -0.39 is 9.84 Å². The molecule has 1 aromatic carbocycles. The van der Waals surface area contributed by atoms with Crippen LogP contribution in [-0.2, 0) is 9.84 Å². The van der Waals surface area contributed by atoms with Gasteiger partial charge in [0.15, 0.2) is 0 Å². The Hall–Kier alpha value is -0.910. The fourth-order valence-electron chi connectivity index (χ4n) is 2.17. The summed E-state index contributed by atoms with van der Waals surface area (Å²) in [5.41, 5.74) is 0. The summed E-state index contributed by atoms with van der Waals surface area (Å²) in [6.07, 6.45) is 2.97. The van der Waals surface area contributed by atoms with E-state index in [2.05, 4.69) is 30.4 Å². The molecule has 0 saturated heterocycles. The van der Waals surface area contributed by atoms with E-state index in [1.807, 2.05) is 12.1 Å². The molecule has 5 heteroatoms. The third-order valence-corrected chi connectivity index (χ3v) is 5.41. The SMILES string of the molecule is CCCNC(CCS(C)(=O)=O)c1cc2ccccc2s1. The predicted molar refractivity (Wildman–Crippen MR) is 87.2 cm³/mol. The second-order valence-electron chi connectivity index (χ2n) is 5.11. The summed E-state index contributed by atoms with van der Waals surface area (Å²) >= 11 is 1.75. The van der Waals surface area contributed by atoms with E-state index in [0.717, 1.165) is 13.0 Å². The minimum atomic E-state index is -2.92. The summed E-state index contributed by atoms with van der Waals surface area (Å²) < 4.78 is 24.0. The number of sulfone groups is 1. The first-order valence-corrected chi connectivity index (χ1v) is 9.77. The molecule has 2 aromatic rings. The van der Waals surface area contributed by atoms with Gasteiger partial charge in [-0.3, -0.25) is 0 Å². The number of hydrogen-bond acceptors (Lipinski definition) is 4. The molecule has 1 atom stereocenters. The summed E-state index contributed by atoms with van der Waals surface area (Å²) in [6, 6.07) is 10.6. The van der Waals surface area contributed by atoms with E-state index >= 15 is 0 Å². The van der Waals surface area contributed by atoms with Gasteiger partial charge < -0.3 is 5.32 Å². The Bertz CT molecular complexity index is 628. The monoisotopic (exact) mass is 311 g/mol. The average Bonchev–Trinajstić information content (AvgIpc) is 2.81. The number of hydrogen-bond donors (Lipinski definition) is 1. The van der Waals surface area contributed by atoms with Gasteiger partial charge in [0, 0.05) is 21.9 Å². The van der Waals surface area contributed by atoms with Crippen LogP contribution in [0.15, 0.2) is 30.3 Å². The van der Waals surface area contributed by atoms with Crippen molar-refractivity contribution in [2.75, 3.05) is 18.6 Å². The zero-order chi connectivity index (χ0) is 14.6. The molecular weight excluding hydrogens is 290 g/mol. The molecule has 0 fully saturated rings. The fourth-order valence-corrected chi connectivity index (χ4v) is 4.01. The van der Waals surface area contributed by atoms with Crippen LogP contribution in [0.3, 0.4) is 0 Å². The Balaban J connectivity index is 2.20. The highest BCUT2D eigenvalue weighted by molar-refractivity contribution is 7.90. The maximum Gasteiger partial charge on any atom is 0.147 e. The maximum absolute atomic E-state index is 11.4. The van der Waals surface area contributed by atoms with E-state index in [-0.39, 0.29) is 11.8 Å². The molecule has 0 aliphatic rings. The number of thiophene rings is 1. The molecule has 0 aliphatic heterocycles. The van der Waals surface area contributed by atoms with Crippen molar-refractivity contribution in [1.29, 1.82) is 0 Å². The molecule has 3 nitrogen and oxygen atoms in total. The largest absolute Gasteiger partial charge is 0.309 e. The van der Waals surface area contributed by atoms with Crippen LogP contribution in [0.2, 0.25) is 0 Å². The summed E-state index contributed by atoms with van der Waals surface area (Å²) in [5, 5.41) is 4.70. The van der Waals surface area contributed by atoms with Crippen molar-refractivity contribution in [3.8, 4) is 0 Å². The van der Waals surface area contributed by atoms with Gasteiger partial charge in [-0.05, 0) is 36.9 Å². The van der Waals surface area contributed by atoms with E-state index in [1.54, 1.807) is 11.3 Å². The zero-order valence-corrected chi connectivity index (χ0v) is 13.6. The van der Waals surface area contributed by atoms with E-state index in [0.29, 0.717) is 6.42 Å². The third-order valence-electron chi connectivity index (χ3n) is 3.21. The van der Waals surface area contributed by atoms with Crippen LogP contribution in [0.1, 0.15) is 30.7 Å². The van der Waals surface area contributed by atoms with Crippen LogP contribution >= 0.6 is 11.3 Å². The standard InChI is InChI=1S/C15H21NO2S2/c1-3-9-16-13(8-10-20(2,17)18)15-11-12-6-4-5-7-14(12)19-15/h4-7,11,13,16H,3,8-10H2,1-2H3. The molecule has 1 unspecified atom stereocenters. The summed E-state index contributed by atoms with van der Waals surface area (Å²) in [4.78, 5) is 1.23. The lowest BCUT2D eigenvalue weighted by molar-refractivity contribution is 0.520. The Labute approximate surface area is 124 Å². The number of rotatable bonds is 7. The lowest BCUT2D eigenvalue weighted by Crippen LogP contribution is -2.23. The van der Waals surface area contributed by atoms with Crippen molar-refractivity contribution in [3.05, 3.63) is 35.2 Å². The molecule has 0 amide bonds. The van der Waals surface area contributed by atoms with Crippen molar-refractivity contribution < 1.29 is 8.42 Å². The Morgan fingerprint density at radius 3 is 2.70 bits per heavy atom. The number of benzene rings is 1. The molecule has 0 spiro atoms. The van der Waals surface area contributed by atoms with Crippen molar-refractivity contribution in [1.82, 2.24) is 5.32 Å². The molecule has 20 heavy (non-hydrogen) atoms. The van der Waals surface area contributed by atoms with Crippen molar-refractivity contribution in [2.45, 2.75) is 25.8 Å². The van der Waals surface area contributed by atoms with Gasteiger partial charge in [-0.25, -0.2) is 8.42 Å². The minimum Gasteiger partial charge on any atom is -0.309 e. The van der Waals surface area contributed by atoms with Crippen molar-refractivity contribution in [3.63, 3.8) is 0 Å². The first-order chi connectivity index (χ1) is 9.49. The first-order valence-electron chi connectivity index (χ1n) is 6.89. The average molecular weight is 311 g/mol. The third kappa shape index (κ3) is 4.30. The van der Waals surface area contributed by atoms with Crippen LogP contribution in [0.25, 0.3) is 10.1 Å².